The van der Waals surface area contributed by atoms with Crippen LogP contribution in [0.1, 0.15) is 239 Å². The maximum Gasteiger partial charge on any atom is 0.309 e. The van der Waals surface area contributed by atoms with Gasteiger partial charge in [0.15, 0.2) is 6.10 Å². The zero-order chi connectivity index (χ0) is 41.5. The molecular weight excluding hydrogens is 709 g/mol. The summed E-state index contributed by atoms with van der Waals surface area (Å²) in [5.41, 5.74) is 0. The molecule has 57 heavy (non-hydrogen) atoms. The Labute approximate surface area is 352 Å². The van der Waals surface area contributed by atoms with Crippen LogP contribution >= 0.6 is 0 Å². The SMILES string of the molecule is CC/C=C\C/C=C\C/C=C\CC(=O)OCC(COC(=O)CCCCCCCCCCCCCCCCCC)OC(=O)CCCCC/C=C\CCCCCCCCC. The first-order valence-electron chi connectivity index (χ1n) is 24.1. The van der Waals surface area contributed by atoms with Gasteiger partial charge in [0.1, 0.15) is 13.2 Å². The van der Waals surface area contributed by atoms with Gasteiger partial charge in [0.25, 0.3) is 0 Å². The van der Waals surface area contributed by atoms with Gasteiger partial charge in [0, 0.05) is 12.8 Å². The third-order valence-corrected chi connectivity index (χ3v) is 10.4. The molecule has 0 aromatic rings. The summed E-state index contributed by atoms with van der Waals surface area (Å²) in [6.45, 7) is 6.41. The number of ether oxygens (including phenoxy) is 3. The third kappa shape index (κ3) is 44.3. The number of hydrogen-bond acceptors (Lipinski definition) is 6. The van der Waals surface area contributed by atoms with E-state index in [9.17, 15) is 14.4 Å². The lowest BCUT2D eigenvalue weighted by Crippen LogP contribution is -2.30. The summed E-state index contributed by atoms with van der Waals surface area (Å²) in [6.07, 6.45) is 54.2. The fraction of sp³-hybridized carbons (Fsp3) is 0.784. The molecule has 0 aromatic heterocycles. The minimum Gasteiger partial charge on any atom is -0.462 e. The summed E-state index contributed by atoms with van der Waals surface area (Å²) in [5.74, 6) is -1.05. The van der Waals surface area contributed by atoms with Gasteiger partial charge >= 0.3 is 17.9 Å². The molecule has 0 saturated heterocycles. The standard InChI is InChI=1S/C51H90O6/c1-4-7-10-13-16-19-21-23-25-26-28-29-32-35-38-41-44-50(53)56-47-48(46-55-49(52)43-40-37-34-31-18-15-12-9-6-3)57-51(54)45-42-39-36-33-30-27-24-22-20-17-14-11-8-5-2/h9,12,18,27,30-31,37,40,48H,4-8,10-11,13-17,19-26,28-29,32-36,38-39,41-47H2,1-3H3/b12-9-,30-27-,31-18-,40-37-. The largest absolute Gasteiger partial charge is 0.462 e. The molecule has 330 valence electrons. The Morgan fingerprint density at radius 2 is 0.754 bits per heavy atom. The van der Waals surface area contributed by atoms with Crippen molar-refractivity contribution in [2.24, 2.45) is 0 Å². The quantitative estimate of drug-likeness (QED) is 0.0265. The van der Waals surface area contributed by atoms with E-state index >= 15 is 0 Å². The lowest BCUT2D eigenvalue weighted by atomic mass is 10.0. The molecule has 0 heterocycles. The molecule has 0 saturated carbocycles. The van der Waals surface area contributed by atoms with Crippen LogP contribution in [0.3, 0.4) is 0 Å². The monoisotopic (exact) mass is 799 g/mol. The second-order valence-corrected chi connectivity index (χ2v) is 16.0. The first-order valence-corrected chi connectivity index (χ1v) is 24.1. The highest BCUT2D eigenvalue weighted by molar-refractivity contribution is 5.72. The Balaban J connectivity index is 4.38. The Morgan fingerprint density at radius 1 is 0.386 bits per heavy atom. The smallest absolute Gasteiger partial charge is 0.309 e. The Kier molecular flexibility index (Phi) is 43.9. The summed E-state index contributed by atoms with van der Waals surface area (Å²) in [6, 6.07) is 0. The van der Waals surface area contributed by atoms with Gasteiger partial charge in [-0.15, -0.1) is 0 Å². The van der Waals surface area contributed by atoms with Gasteiger partial charge in [0.05, 0.1) is 6.42 Å². The van der Waals surface area contributed by atoms with E-state index < -0.39 is 12.1 Å². The molecule has 6 nitrogen and oxygen atoms in total. The second-order valence-electron chi connectivity index (χ2n) is 16.0. The molecule has 0 amide bonds. The highest BCUT2D eigenvalue weighted by Crippen LogP contribution is 2.15. The van der Waals surface area contributed by atoms with E-state index in [2.05, 4.69) is 57.2 Å². The molecule has 0 radical (unpaired) electrons. The molecule has 0 aliphatic carbocycles. The van der Waals surface area contributed by atoms with Crippen molar-refractivity contribution in [3.8, 4) is 0 Å². The number of unbranched alkanes of at least 4 members (excludes halogenated alkanes) is 25. The molecule has 0 N–H and O–H groups in total. The van der Waals surface area contributed by atoms with Crippen LogP contribution in [0.4, 0.5) is 0 Å². The molecule has 6 heteroatoms. The van der Waals surface area contributed by atoms with Crippen molar-refractivity contribution in [2.45, 2.75) is 245 Å². The number of carbonyl (C=O) groups is 3. The fourth-order valence-corrected chi connectivity index (χ4v) is 6.73. The Hall–Kier alpha value is -2.63. The number of hydrogen-bond donors (Lipinski definition) is 0. The van der Waals surface area contributed by atoms with E-state index in [0.717, 1.165) is 70.6 Å². The molecule has 0 rings (SSSR count). The number of esters is 3. The van der Waals surface area contributed by atoms with Gasteiger partial charge in [-0.1, -0.05) is 211 Å². The average Bonchev–Trinajstić information content (AvgIpc) is 3.21. The summed E-state index contributed by atoms with van der Waals surface area (Å²) in [4.78, 5) is 37.7. The first kappa shape index (κ1) is 54.4. The maximum absolute atomic E-state index is 12.7. The lowest BCUT2D eigenvalue weighted by Gasteiger charge is -2.18. The molecule has 0 fully saturated rings. The number of carbonyl (C=O) groups excluding carboxylic acids is 3. The van der Waals surface area contributed by atoms with Gasteiger partial charge in [-0.2, -0.15) is 0 Å². The zero-order valence-electron chi connectivity index (χ0n) is 37.6. The summed E-state index contributed by atoms with van der Waals surface area (Å²) >= 11 is 0. The van der Waals surface area contributed by atoms with Crippen LogP contribution in [0.2, 0.25) is 0 Å². The van der Waals surface area contributed by atoms with Crippen molar-refractivity contribution in [3.05, 3.63) is 48.6 Å². The van der Waals surface area contributed by atoms with Gasteiger partial charge in [0.2, 0.25) is 0 Å². The van der Waals surface area contributed by atoms with Crippen molar-refractivity contribution in [2.75, 3.05) is 13.2 Å². The molecular formula is C51H90O6. The van der Waals surface area contributed by atoms with Crippen molar-refractivity contribution in [1.29, 1.82) is 0 Å². The Bertz CT molecular complexity index is 1010. The van der Waals surface area contributed by atoms with Gasteiger partial charge in [-0.3, -0.25) is 14.4 Å². The molecule has 0 aliphatic heterocycles. The van der Waals surface area contributed by atoms with E-state index in [4.69, 9.17) is 14.2 Å². The van der Waals surface area contributed by atoms with Crippen LogP contribution in [0.5, 0.6) is 0 Å². The summed E-state index contributed by atoms with van der Waals surface area (Å²) in [5, 5.41) is 0. The van der Waals surface area contributed by atoms with Gasteiger partial charge in [-0.05, 0) is 57.8 Å². The topological polar surface area (TPSA) is 78.9 Å². The Morgan fingerprint density at radius 3 is 1.23 bits per heavy atom. The first-order chi connectivity index (χ1) is 28.0. The summed E-state index contributed by atoms with van der Waals surface area (Å²) in [7, 11) is 0. The molecule has 1 atom stereocenters. The molecule has 0 bridgehead atoms. The van der Waals surface area contributed by atoms with E-state index in [1.807, 2.05) is 6.08 Å². The predicted molar refractivity (Wildman–Crippen MR) is 242 cm³/mol. The van der Waals surface area contributed by atoms with Crippen LogP contribution in [0, 0.1) is 0 Å². The van der Waals surface area contributed by atoms with Crippen LogP contribution in [0.25, 0.3) is 0 Å². The van der Waals surface area contributed by atoms with Gasteiger partial charge in [-0.25, -0.2) is 0 Å². The lowest BCUT2D eigenvalue weighted by molar-refractivity contribution is -0.166. The van der Waals surface area contributed by atoms with Crippen molar-refractivity contribution in [1.82, 2.24) is 0 Å². The van der Waals surface area contributed by atoms with Crippen molar-refractivity contribution in [3.63, 3.8) is 0 Å². The molecule has 1 unspecified atom stereocenters. The van der Waals surface area contributed by atoms with Crippen molar-refractivity contribution < 1.29 is 28.6 Å². The van der Waals surface area contributed by atoms with Crippen LogP contribution in [-0.4, -0.2) is 37.2 Å². The van der Waals surface area contributed by atoms with Crippen LogP contribution < -0.4 is 0 Å². The average molecular weight is 799 g/mol. The molecule has 0 aliphatic rings. The van der Waals surface area contributed by atoms with E-state index in [-0.39, 0.29) is 31.6 Å². The van der Waals surface area contributed by atoms with Crippen molar-refractivity contribution >= 4 is 17.9 Å². The molecule has 0 spiro atoms. The number of rotatable bonds is 43. The van der Waals surface area contributed by atoms with E-state index in [1.54, 1.807) is 6.08 Å². The predicted octanol–water partition coefficient (Wildman–Crippen LogP) is 15.5. The number of allylic oxidation sites excluding steroid dienone is 7. The van der Waals surface area contributed by atoms with Crippen LogP contribution in [-0.2, 0) is 28.6 Å². The van der Waals surface area contributed by atoms with Crippen LogP contribution in [0.15, 0.2) is 48.6 Å². The zero-order valence-corrected chi connectivity index (χ0v) is 37.6. The van der Waals surface area contributed by atoms with E-state index in [1.165, 1.54) is 128 Å². The summed E-state index contributed by atoms with van der Waals surface area (Å²) < 4.78 is 16.6. The van der Waals surface area contributed by atoms with E-state index in [0.29, 0.717) is 12.8 Å². The van der Waals surface area contributed by atoms with Gasteiger partial charge < -0.3 is 14.2 Å². The fourth-order valence-electron chi connectivity index (χ4n) is 6.73. The highest BCUT2D eigenvalue weighted by atomic mass is 16.6. The minimum atomic E-state index is -0.811. The minimum absolute atomic E-state index is 0.104. The normalized spacial score (nSPS) is 12.4. The highest BCUT2D eigenvalue weighted by Gasteiger charge is 2.19. The molecule has 0 aromatic carbocycles. The second kappa shape index (κ2) is 46.1. The third-order valence-electron chi connectivity index (χ3n) is 10.4. The maximum atomic E-state index is 12.7.